The molecule has 1 heterocycles. The van der Waals surface area contributed by atoms with Gasteiger partial charge in [-0.3, -0.25) is 0 Å². The van der Waals surface area contributed by atoms with E-state index in [1.165, 1.54) is 0 Å². The Morgan fingerprint density at radius 2 is 1.89 bits per heavy atom. The molecule has 0 atom stereocenters. The van der Waals surface area contributed by atoms with Crippen LogP contribution in [0, 0.1) is 0 Å². The number of ether oxygens (including phenoxy) is 2. The van der Waals surface area contributed by atoms with E-state index in [1.54, 1.807) is 7.11 Å². The van der Waals surface area contributed by atoms with Gasteiger partial charge in [0.2, 0.25) is 0 Å². The number of hydrogen-bond donors (Lipinski definition) is 0. The maximum absolute atomic E-state index is 11.7. The summed E-state index contributed by atoms with van der Waals surface area (Å²) in [5, 5.41) is 2.24. The lowest BCUT2D eigenvalue weighted by Gasteiger charge is -2.04. The van der Waals surface area contributed by atoms with Gasteiger partial charge in [0.15, 0.2) is 0 Å². The fourth-order valence-corrected chi connectivity index (χ4v) is 2.17. The van der Waals surface area contributed by atoms with E-state index in [4.69, 9.17) is 9.47 Å². The van der Waals surface area contributed by atoms with Gasteiger partial charge in [0, 0.05) is 0 Å². The molecule has 0 saturated heterocycles. The van der Waals surface area contributed by atoms with Crippen LogP contribution >= 0.6 is 0 Å². The number of cyclic esters (lactones) is 1. The number of methoxy groups -OCH3 is 1. The zero-order valence-electron chi connectivity index (χ0n) is 9.97. The smallest absolute Gasteiger partial charge is 0.342 e. The van der Waals surface area contributed by atoms with Crippen LogP contribution in [0.1, 0.15) is 5.56 Å². The SMILES string of the molecule is COC1=C(c2ccc3ccccc3c2)C(=O)OC1. The number of rotatable bonds is 2. The summed E-state index contributed by atoms with van der Waals surface area (Å²) in [6.07, 6.45) is 0. The van der Waals surface area contributed by atoms with Crippen molar-refractivity contribution in [3.8, 4) is 0 Å². The highest BCUT2D eigenvalue weighted by atomic mass is 16.6. The Morgan fingerprint density at radius 3 is 2.67 bits per heavy atom. The highest BCUT2D eigenvalue weighted by Crippen LogP contribution is 2.28. The molecule has 0 radical (unpaired) electrons. The van der Waals surface area contributed by atoms with Crippen LogP contribution < -0.4 is 0 Å². The van der Waals surface area contributed by atoms with Crippen molar-refractivity contribution in [3.63, 3.8) is 0 Å². The van der Waals surface area contributed by atoms with Gasteiger partial charge in [-0.25, -0.2) is 4.79 Å². The van der Waals surface area contributed by atoms with Gasteiger partial charge in [0.25, 0.3) is 0 Å². The molecular formula is C15H12O3. The Hall–Kier alpha value is -2.29. The van der Waals surface area contributed by atoms with Crippen LogP contribution in [0.2, 0.25) is 0 Å². The van der Waals surface area contributed by atoms with E-state index in [1.807, 2.05) is 42.5 Å². The van der Waals surface area contributed by atoms with Crippen molar-refractivity contribution in [3.05, 3.63) is 53.8 Å². The fourth-order valence-electron chi connectivity index (χ4n) is 2.17. The molecule has 0 N–H and O–H groups in total. The zero-order chi connectivity index (χ0) is 12.5. The molecule has 3 nitrogen and oxygen atoms in total. The Morgan fingerprint density at radius 1 is 1.11 bits per heavy atom. The third kappa shape index (κ3) is 1.64. The Labute approximate surface area is 105 Å². The van der Waals surface area contributed by atoms with Gasteiger partial charge in [-0.2, -0.15) is 0 Å². The van der Waals surface area contributed by atoms with Crippen molar-refractivity contribution in [2.45, 2.75) is 0 Å². The van der Waals surface area contributed by atoms with Crippen molar-refractivity contribution < 1.29 is 14.3 Å². The highest BCUT2D eigenvalue weighted by Gasteiger charge is 2.27. The van der Waals surface area contributed by atoms with E-state index in [2.05, 4.69) is 0 Å². The summed E-state index contributed by atoms with van der Waals surface area (Å²) in [5.41, 5.74) is 1.37. The van der Waals surface area contributed by atoms with Crippen LogP contribution in [-0.2, 0) is 14.3 Å². The summed E-state index contributed by atoms with van der Waals surface area (Å²) in [7, 11) is 1.55. The average molecular weight is 240 g/mol. The van der Waals surface area contributed by atoms with E-state index in [0.29, 0.717) is 11.3 Å². The third-order valence-corrected chi connectivity index (χ3v) is 3.10. The van der Waals surface area contributed by atoms with Gasteiger partial charge in [-0.1, -0.05) is 36.4 Å². The molecule has 0 fully saturated rings. The second-order valence-electron chi connectivity index (χ2n) is 4.14. The van der Waals surface area contributed by atoms with E-state index < -0.39 is 0 Å². The van der Waals surface area contributed by atoms with Gasteiger partial charge >= 0.3 is 5.97 Å². The molecule has 0 saturated carbocycles. The molecule has 90 valence electrons. The van der Waals surface area contributed by atoms with Crippen LogP contribution in [0.3, 0.4) is 0 Å². The van der Waals surface area contributed by atoms with Crippen LogP contribution in [0.15, 0.2) is 48.2 Å². The number of carbonyl (C=O) groups is 1. The van der Waals surface area contributed by atoms with Crippen LogP contribution in [0.4, 0.5) is 0 Å². The number of fused-ring (bicyclic) bond motifs is 1. The predicted octanol–water partition coefficient (Wildman–Crippen LogP) is 2.75. The largest absolute Gasteiger partial charge is 0.497 e. The zero-order valence-corrected chi connectivity index (χ0v) is 9.97. The molecule has 2 aromatic rings. The first-order valence-electron chi connectivity index (χ1n) is 5.73. The minimum absolute atomic E-state index is 0.220. The van der Waals surface area contributed by atoms with Gasteiger partial charge in [-0.05, 0) is 22.4 Å². The van der Waals surface area contributed by atoms with Crippen molar-refractivity contribution in [1.29, 1.82) is 0 Å². The summed E-state index contributed by atoms with van der Waals surface area (Å²) in [5.74, 6) is 0.275. The lowest BCUT2D eigenvalue weighted by molar-refractivity contribution is -0.134. The van der Waals surface area contributed by atoms with Gasteiger partial charge in [0.05, 0.1) is 7.11 Å². The van der Waals surface area contributed by atoms with Crippen molar-refractivity contribution in [2.24, 2.45) is 0 Å². The molecule has 0 spiro atoms. The number of esters is 1. The highest BCUT2D eigenvalue weighted by molar-refractivity contribution is 6.19. The fraction of sp³-hybridized carbons (Fsp3) is 0.133. The summed E-state index contributed by atoms with van der Waals surface area (Å²) in [6.45, 7) is 0.220. The third-order valence-electron chi connectivity index (χ3n) is 3.10. The molecular weight excluding hydrogens is 228 g/mol. The molecule has 0 unspecified atom stereocenters. The van der Waals surface area contributed by atoms with Gasteiger partial charge < -0.3 is 9.47 Å². The molecule has 3 heteroatoms. The Kier molecular flexibility index (Phi) is 2.52. The first-order valence-corrected chi connectivity index (χ1v) is 5.73. The summed E-state index contributed by atoms with van der Waals surface area (Å²) in [6, 6.07) is 13.9. The molecule has 0 aromatic heterocycles. The van der Waals surface area contributed by atoms with Crippen LogP contribution in [0.25, 0.3) is 16.3 Å². The maximum atomic E-state index is 11.7. The van der Waals surface area contributed by atoms with E-state index in [9.17, 15) is 4.79 Å². The maximum Gasteiger partial charge on any atom is 0.342 e. The first-order chi connectivity index (χ1) is 8.79. The van der Waals surface area contributed by atoms with E-state index >= 15 is 0 Å². The predicted molar refractivity (Wildman–Crippen MR) is 68.8 cm³/mol. The molecule has 18 heavy (non-hydrogen) atoms. The quantitative estimate of drug-likeness (QED) is 0.757. The normalized spacial score (nSPS) is 15.1. The second kappa shape index (κ2) is 4.18. The molecule has 0 aliphatic carbocycles. The summed E-state index contributed by atoms with van der Waals surface area (Å²) >= 11 is 0. The topological polar surface area (TPSA) is 35.5 Å². The number of carbonyl (C=O) groups excluding carboxylic acids is 1. The molecule has 1 aliphatic heterocycles. The van der Waals surface area contributed by atoms with Crippen LogP contribution in [0.5, 0.6) is 0 Å². The minimum atomic E-state index is -0.317. The average Bonchev–Trinajstić information content (AvgIpc) is 2.79. The van der Waals surface area contributed by atoms with E-state index in [0.717, 1.165) is 16.3 Å². The molecule has 0 amide bonds. The summed E-state index contributed by atoms with van der Waals surface area (Å²) in [4.78, 5) is 11.7. The Balaban J connectivity index is 2.17. The van der Waals surface area contributed by atoms with Crippen molar-refractivity contribution in [1.82, 2.24) is 0 Å². The standard InChI is InChI=1S/C15H12O3/c1-17-13-9-18-15(16)14(13)12-7-6-10-4-2-3-5-11(10)8-12/h2-8H,9H2,1H3. The minimum Gasteiger partial charge on any atom is -0.497 e. The molecule has 1 aliphatic rings. The van der Waals surface area contributed by atoms with E-state index in [-0.39, 0.29) is 12.6 Å². The lowest BCUT2D eigenvalue weighted by atomic mass is 10.0. The van der Waals surface area contributed by atoms with Crippen molar-refractivity contribution >= 4 is 22.3 Å². The number of benzene rings is 2. The van der Waals surface area contributed by atoms with Gasteiger partial charge in [-0.15, -0.1) is 0 Å². The Bertz CT molecular complexity index is 656. The monoisotopic (exact) mass is 240 g/mol. The van der Waals surface area contributed by atoms with Crippen LogP contribution in [-0.4, -0.2) is 19.7 Å². The summed E-state index contributed by atoms with van der Waals surface area (Å²) < 4.78 is 10.2. The molecule has 3 rings (SSSR count). The molecule has 2 aromatic carbocycles. The number of hydrogen-bond acceptors (Lipinski definition) is 3. The van der Waals surface area contributed by atoms with Gasteiger partial charge in [0.1, 0.15) is 17.9 Å². The first kappa shape index (κ1) is 10.8. The lowest BCUT2D eigenvalue weighted by Crippen LogP contribution is -1.98. The second-order valence-corrected chi connectivity index (χ2v) is 4.14. The molecule has 0 bridgehead atoms. The van der Waals surface area contributed by atoms with Crippen molar-refractivity contribution in [2.75, 3.05) is 13.7 Å².